The third kappa shape index (κ3) is 3.51. The molecule has 0 aromatic heterocycles. The standard InChI is InChI=1S/C15H19FN2O3/c1-9(2)10-5-6-18(8-10)15(21)17-11-3-4-12(14(19)20)13(16)7-11/h3-4,7,9-10H,5-6,8H2,1-2H3,(H,17,21)(H,19,20). The average molecular weight is 294 g/mol. The van der Waals surface area contributed by atoms with Crippen LogP contribution in [0, 0.1) is 17.7 Å². The monoisotopic (exact) mass is 294 g/mol. The first-order valence-corrected chi connectivity index (χ1v) is 6.97. The minimum absolute atomic E-state index is 0.260. The minimum Gasteiger partial charge on any atom is -0.478 e. The van der Waals surface area contributed by atoms with E-state index in [1.807, 2.05) is 0 Å². The molecule has 2 N–H and O–H groups in total. The molecule has 1 atom stereocenters. The van der Waals surface area contributed by atoms with Crippen LogP contribution in [0.2, 0.25) is 0 Å². The summed E-state index contributed by atoms with van der Waals surface area (Å²) in [4.78, 5) is 24.5. The molecule has 1 aromatic rings. The number of halogens is 1. The van der Waals surface area contributed by atoms with Crippen LogP contribution >= 0.6 is 0 Å². The zero-order valence-electron chi connectivity index (χ0n) is 12.1. The average Bonchev–Trinajstić information content (AvgIpc) is 2.88. The summed E-state index contributed by atoms with van der Waals surface area (Å²) in [5.74, 6) is -1.18. The molecule has 6 heteroatoms. The molecule has 1 aromatic carbocycles. The van der Waals surface area contributed by atoms with Crippen molar-refractivity contribution in [3.8, 4) is 0 Å². The van der Waals surface area contributed by atoms with Gasteiger partial charge in [0.2, 0.25) is 0 Å². The van der Waals surface area contributed by atoms with Gasteiger partial charge in [-0.25, -0.2) is 14.0 Å². The summed E-state index contributed by atoms with van der Waals surface area (Å²) >= 11 is 0. The van der Waals surface area contributed by atoms with Gasteiger partial charge < -0.3 is 15.3 Å². The van der Waals surface area contributed by atoms with Crippen LogP contribution in [0.4, 0.5) is 14.9 Å². The third-order valence-electron chi connectivity index (χ3n) is 3.91. The number of nitrogens with one attached hydrogen (secondary N) is 1. The van der Waals surface area contributed by atoms with E-state index in [-0.39, 0.29) is 11.7 Å². The predicted molar refractivity (Wildman–Crippen MR) is 76.9 cm³/mol. The van der Waals surface area contributed by atoms with Gasteiger partial charge in [0.05, 0.1) is 5.56 Å². The number of rotatable bonds is 3. The molecule has 1 unspecified atom stereocenters. The van der Waals surface area contributed by atoms with Crippen LogP contribution in [0.25, 0.3) is 0 Å². The Bertz CT molecular complexity index is 560. The van der Waals surface area contributed by atoms with Gasteiger partial charge in [-0.2, -0.15) is 0 Å². The molecule has 21 heavy (non-hydrogen) atoms. The van der Waals surface area contributed by atoms with Crippen molar-refractivity contribution < 1.29 is 19.1 Å². The fourth-order valence-corrected chi connectivity index (χ4v) is 2.48. The number of hydrogen-bond acceptors (Lipinski definition) is 2. The van der Waals surface area contributed by atoms with Crippen molar-refractivity contribution in [1.82, 2.24) is 4.90 Å². The van der Waals surface area contributed by atoms with Crippen molar-refractivity contribution in [3.05, 3.63) is 29.6 Å². The Kier molecular flexibility index (Phi) is 4.45. The van der Waals surface area contributed by atoms with Crippen LogP contribution in [0.5, 0.6) is 0 Å². The lowest BCUT2D eigenvalue weighted by Crippen LogP contribution is -2.33. The number of urea groups is 1. The normalized spacial score (nSPS) is 18.1. The highest BCUT2D eigenvalue weighted by Gasteiger charge is 2.28. The van der Waals surface area contributed by atoms with E-state index in [0.717, 1.165) is 18.6 Å². The number of carboxylic acid groups (broad SMARTS) is 1. The number of hydrogen-bond donors (Lipinski definition) is 2. The van der Waals surface area contributed by atoms with Crippen LogP contribution < -0.4 is 5.32 Å². The van der Waals surface area contributed by atoms with Crippen LogP contribution in [-0.2, 0) is 0 Å². The SMILES string of the molecule is CC(C)C1CCN(C(=O)Nc2ccc(C(=O)O)c(F)c2)C1. The molecule has 1 aliphatic rings. The first-order valence-electron chi connectivity index (χ1n) is 6.97. The first-order chi connectivity index (χ1) is 9.88. The number of nitrogens with zero attached hydrogens (tertiary/aromatic N) is 1. The lowest BCUT2D eigenvalue weighted by molar-refractivity contribution is 0.0692. The predicted octanol–water partition coefficient (Wildman–Crippen LogP) is 3.03. The van der Waals surface area contributed by atoms with Crippen molar-refractivity contribution in [3.63, 3.8) is 0 Å². The van der Waals surface area contributed by atoms with E-state index in [1.165, 1.54) is 6.07 Å². The third-order valence-corrected chi connectivity index (χ3v) is 3.91. The molecule has 0 aliphatic carbocycles. The molecular weight excluding hydrogens is 275 g/mol. The van der Waals surface area contributed by atoms with E-state index in [0.29, 0.717) is 24.9 Å². The summed E-state index contributed by atoms with van der Waals surface area (Å²) in [7, 11) is 0. The Morgan fingerprint density at radius 2 is 2.14 bits per heavy atom. The smallest absolute Gasteiger partial charge is 0.338 e. The van der Waals surface area contributed by atoms with E-state index in [2.05, 4.69) is 19.2 Å². The maximum Gasteiger partial charge on any atom is 0.338 e. The molecule has 1 aliphatic heterocycles. The molecule has 0 spiro atoms. The molecule has 2 amide bonds. The maximum absolute atomic E-state index is 13.6. The minimum atomic E-state index is -1.33. The van der Waals surface area contributed by atoms with Gasteiger partial charge in [0.25, 0.3) is 0 Å². The van der Waals surface area contributed by atoms with E-state index in [4.69, 9.17) is 5.11 Å². The summed E-state index contributed by atoms with van der Waals surface area (Å²) in [5.41, 5.74) is -0.149. The largest absolute Gasteiger partial charge is 0.478 e. The number of anilines is 1. The van der Waals surface area contributed by atoms with Gasteiger partial charge in [-0.15, -0.1) is 0 Å². The highest BCUT2D eigenvalue weighted by Crippen LogP contribution is 2.24. The number of amides is 2. The first kappa shape index (κ1) is 15.3. The molecule has 0 radical (unpaired) electrons. The molecule has 2 rings (SSSR count). The Morgan fingerprint density at radius 1 is 1.43 bits per heavy atom. The van der Waals surface area contributed by atoms with E-state index < -0.39 is 17.3 Å². The molecule has 5 nitrogen and oxygen atoms in total. The molecule has 114 valence electrons. The van der Waals surface area contributed by atoms with Crippen LogP contribution in [0.1, 0.15) is 30.6 Å². The molecule has 0 bridgehead atoms. The van der Waals surface area contributed by atoms with Crippen molar-refractivity contribution in [2.75, 3.05) is 18.4 Å². The van der Waals surface area contributed by atoms with Gasteiger partial charge in [0, 0.05) is 18.8 Å². The highest BCUT2D eigenvalue weighted by atomic mass is 19.1. The zero-order chi connectivity index (χ0) is 15.6. The summed E-state index contributed by atoms with van der Waals surface area (Å²) in [6.07, 6.45) is 0.970. The van der Waals surface area contributed by atoms with Gasteiger partial charge >= 0.3 is 12.0 Å². The van der Waals surface area contributed by atoms with Gasteiger partial charge in [-0.1, -0.05) is 13.8 Å². The quantitative estimate of drug-likeness (QED) is 0.900. The van der Waals surface area contributed by atoms with Gasteiger partial charge in [0.15, 0.2) is 0 Å². The van der Waals surface area contributed by atoms with E-state index >= 15 is 0 Å². The summed E-state index contributed by atoms with van der Waals surface area (Å²) < 4.78 is 13.6. The van der Waals surface area contributed by atoms with Crippen LogP contribution in [-0.4, -0.2) is 35.1 Å². The Morgan fingerprint density at radius 3 is 2.67 bits per heavy atom. The van der Waals surface area contributed by atoms with Crippen LogP contribution in [0.3, 0.4) is 0 Å². The van der Waals surface area contributed by atoms with Crippen molar-refractivity contribution in [2.24, 2.45) is 11.8 Å². The fraction of sp³-hybridized carbons (Fsp3) is 0.467. The van der Waals surface area contributed by atoms with Gasteiger partial charge in [0.1, 0.15) is 5.82 Å². The topological polar surface area (TPSA) is 69.6 Å². The van der Waals surface area contributed by atoms with E-state index in [1.54, 1.807) is 4.90 Å². The van der Waals surface area contributed by atoms with Crippen molar-refractivity contribution in [1.29, 1.82) is 0 Å². The summed E-state index contributed by atoms with van der Waals surface area (Å²) in [6, 6.07) is 3.28. The number of likely N-dealkylation sites (tertiary alicyclic amines) is 1. The number of benzene rings is 1. The molecular formula is C15H19FN2O3. The second-order valence-corrected chi connectivity index (χ2v) is 5.67. The zero-order valence-corrected chi connectivity index (χ0v) is 12.1. The number of carboxylic acids is 1. The van der Waals surface area contributed by atoms with Crippen molar-refractivity contribution in [2.45, 2.75) is 20.3 Å². The Hall–Kier alpha value is -2.11. The second-order valence-electron chi connectivity index (χ2n) is 5.67. The van der Waals surface area contributed by atoms with Gasteiger partial charge in [-0.3, -0.25) is 0 Å². The molecule has 1 saturated heterocycles. The number of carbonyl (C=O) groups excluding carboxylic acids is 1. The van der Waals surface area contributed by atoms with Gasteiger partial charge in [-0.05, 0) is 36.5 Å². The lowest BCUT2D eigenvalue weighted by atomic mass is 9.95. The Labute approximate surface area is 122 Å². The second kappa shape index (κ2) is 6.11. The van der Waals surface area contributed by atoms with Crippen molar-refractivity contribution >= 4 is 17.7 Å². The molecule has 0 saturated carbocycles. The van der Waals surface area contributed by atoms with E-state index in [9.17, 15) is 14.0 Å². The van der Waals surface area contributed by atoms with Crippen LogP contribution in [0.15, 0.2) is 18.2 Å². The lowest BCUT2D eigenvalue weighted by Gasteiger charge is -2.19. The summed E-state index contributed by atoms with van der Waals surface area (Å²) in [5, 5.41) is 11.4. The summed E-state index contributed by atoms with van der Waals surface area (Å²) in [6.45, 7) is 5.64. The number of carbonyl (C=O) groups is 2. The number of aromatic carboxylic acids is 1. The maximum atomic E-state index is 13.6. The molecule has 1 fully saturated rings. The Balaban J connectivity index is 2.00. The highest BCUT2D eigenvalue weighted by molar-refractivity contribution is 5.92. The molecule has 1 heterocycles. The fourth-order valence-electron chi connectivity index (χ4n) is 2.48.